The fourth-order valence-corrected chi connectivity index (χ4v) is 2.84. The zero-order valence-corrected chi connectivity index (χ0v) is 12.0. The number of fused-ring (bicyclic) bond motifs is 1. The average Bonchev–Trinajstić information content (AvgIpc) is 2.67. The Balaban J connectivity index is 2.02. The molecular formula is C15H22N4O. The fourth-order valence-electron chi connectivity index (χ4n) is 2.84. The number of nitrogens with two attached hydrogens (primary N) is 1. The van der Waals surface area contributed by atoms with E-state index in [1.807, 2.05) is 18.2 Å². The summed E-state index contributed by atoms with van der Waals surface area (Å²) in [5.41, 5.74) is 7.98. The minimum atomic E-state index is 0.244. The number of pyridine rings is 1. The number of anilines is 1. The Morgan fingerprint density at radius 2 is 2.35 bits per heavy atom. The van der Waals surface area contributed by atoms with Crippen molar-refractivity contribution in [3.8, 4) is 0 Å². The molecule has 1 aliphatic heterocycles. The smallest absolute Gasteiger partial charge is 0.151 e. The second kappa shape index (κ2) is 5.81. The summed E-state index contributed by atoms with van der Waals surface area (Å²) in [6.07, 6.45) is 4.19. The summed E-state index contributed by atoms with van der Waals surface area (Å²) in [6, 6.07) is 6.10. The zero-order valence-electron chi connectivity index (χ0n) is 12.0. The van der Waals surface area contributed by atoms with Gasteiger partial charge in [0.05, 0.1) is 11.8 Å². The summed E-state index contributed by atoms with van der Waals surface area (Å²) in [4.78, 5) is 7.15. The molecule has 5 nitrogen and oxygen atoms in total. The van der Waals surface area contributed by atoms with Crippen LogP contribution in [0, 0.1) is 0 Å². The second-order valence-electron chi connectivity index (χ2n) is 5.33. The van der Waals surface area contributed by atoms with E-state index in [-0.39, 0.29) is 6.10 Å². The maximum absolute atomic E-state index is 5.78. The fraction of sp³-hybridized carbons (Fsp3) is 0.533. The predicted octanol–water partition coefficient (Wildman–Crippen LogP) is 1.45. The molecule has 3 heterocycles. The molecule has 3 rings (SSSR count). The first-order valence-corrected chi connectivity index (χ1v) is 7.32. The van der Waals surface area contributed by atoms with Crippen molar-refractivity contribution in [3.05, 3.63) is 30.1 Å². The van der Waals surface area contributed by atoms with Crippen molar-refractivity contribution in [2.45, 2.75) is 25.9 Å². The average molecular weight is 274 g/mol. The molecule has 1 fully saturated rings. The second-order valence-corrected chi connectivity index (χ2v) is 5.33. The number of hydrogen-bond donors (Lipinski definition) is 1. The van der Waals surface area contributed by atoms with Gasteiger partial charge in [-0.05, 0) is 32.0 Å². The van der Waals surface area contributed by atoms with Gasteiger partial charge in [-0.1, -0.05) is 6.07 Å². The molecule has 0 aliphatic carbocycles. The number of rotatable bonds is 3. The summed E-state index contributed by atoms with van der Waals surface area (Å²) >= 11 is 0. The van der Waals surface area contributed by atoms with Gasteiger partial charge >= 0.3 is 0 Å². The van der Waals surface area contributed by atoms with Crippen LogP contribution >= 0.6 is 0 Å². The lowest BCUT2D eigenvalue weighted by molar-refractivity contribution is 0.0820. The third-order valence-corrected chi connectivity index (χ3v) is 3.74. The SMILES string of the molecule is CC1CN(c2nc3ccccn3c2CCN)CCCO1. The van der Waals surface area contributed by atoms with Gasteiger partial charge in [0.25, 0.3) is 0 Å². The molecule has 108 valence electrons. The normalized spacial score (nSPS) is 20.3. The highest BCUT2D eigenvalue weighted by atomic mass is 16.5. The van der Waals surface area contributed by atoms with Crippen LogP contribution in [-0.4, -0.2) is 41.7 Å². The summed E-state index contributed by atoms with van der Waals surface area (Å²) in [5, 5.41) is 0. The highest BCUT2D eigenvalue weighted by Crippen LogP contribution is 2.24. The molecule has 2 aromatic rings. The van der Waals surface area contributed by atoms with E-state index in [2.05, 4.69) is 22.4 Å². The van der Waals surface area contributed by atoms with E-state index in [1.165, 1.54) is 5.69 Å². The highest BCUT2D eigenvalue weighted by Gasteiger charge is 2.21. The summed E-state index contributed by atoms with van der Waals surface area (Å²) in [7, 11) is 0. The van der Waals surface area contributed by atoms with Crippen LogP contribution in [0.25, 0.3) is 5.65 Å². The lowest BCUT2D eigenvalue weighted by Crippen LogP contribution is -2.31. The van der Waals surface area contributed by atoms with Gasteiger partial charge < -0.3 is 19.8 Å². The van der Waals surface area contributed by atoms with Crippen LogP contribution in [0.5, 0.6) is 0 Å². The standard InChI is InChI=1S/C15H22N4O/c1-12-11-18(8-4-10-20-12)15-13(6-7-16)19-9-3-2-5-14(19)17-15/h2-3,5,9,12H,4,6-8,10-11,16H2,1H3. The van der Waals surface area contributed by atoms with Crippen LogP contribution in [0.1, 0.15) is 19.0 Å². The highest BCUT2D eigenvalue weighted by molar-refractivity contribution is 5.56. The lowest BCUT2D eigenvalue weighted by Gasteiger charge is -2.23. The zero-order chi connectivity index (χ0) is 13.9. The molecular weight excluding hydrogens is 252 g/mol. The van der Waals surface area contributed by atoms with Gasteiger partial charge in [-0.25, -0.2) is 4.98 Å². The van der Waals surface area contributed by atoms with Crippen LogP contribution < -0.4 is 10.6 Å². The van der Waals surface area contributed by atoms with Crippen molar-refractivity contribution in [1.29, 1.82) is 0 Å². The number of imidazole rings is 1. The van der Waals surface area contributed by atoms with Crippen LogP contribution in [0.3, 0.4) is 0 Å². The van der Waals surface area contributed by atoms with Crippen LogP contribution in [0.4, 0.5) is 5.82 Å². The quantitative estimate of drug-likeness (QED) is 0.920. The molecule has 0 spiro atoms. The first-order valence-electron chi connectivity index (χ1n) is 7.32. The minimum absolute atomic E-state index is 0.244. The number of nitrogens with zero attached hydrogens (tertiary/aromatic N) is 3. The van der Waals surface area contributed by atoms with E-state index >= 15 is 0 Å². The van der Waals surface area contributed by atoms with Crippen LogP contribution in [-0.2, 0) is 11.2 Å². The Hall–Kier alpha value is -1.59. The topological polar surface area (TPSA) is 55.8 Å². The molecule has 1 aliphatic rings. The maximum Gasteiger partial charge on any atom is 0.151 e. The molecule has 20 heavy (non-hydrogen) atoms. The molecule has 0 radical (unpaired) electrons. The van der Waals surface area contributed by atoms with E-state index in [0.29, 0.717) is 6.54 Å². The summed E-state index contributed by atoms with van der Waals surface area (Å²) in [6.45, 7) is 5.47. The predicted molar refractivity (Wildman–Crippen MR) is 80.2 cm³/mol. The molecule has 0 saturated carbocycles. The van der Waals surface area contributed by atoms with Crippen molar-refractivity contribution in [3.63, 3.8) is 0 Å². The molecule has 2 N–H and O–H groups in total. The largest absolute Gasteiger partial charge is 0.377 e. The van der Waals surface area contributed by atoms with Gasteiger partial charge in [-0.2, -0.15) is 0 Å². The molecule has 0 aromatic carbocycles. The maximum atomic E-state index is 5.78. The van der Waals surface area contributed by atoms with Gasteiger partial charge in [0.1, 0.15) is 5.65 Å². The molecule has 1 saturated heterocycles. The van der Waals surface area contributed by atoms with E-state index in [1.54, 1.807) is 0 Å². The van der Waals surface area contributed by atoms with Crippen molar-refractivity contribution in [2.75, 3.05) is 31.1 Å². The van der Waals surface area contributed by atoms with Crippen molar-refractivity contribution in [1.82, 2.24) is 9.38 Å². The minimum Gasteiger partial charge on any atom is -0.377 e. The monoisotopic (exact) mass is 274 g/mol. The van der Waals surface area contributed by atoms with Gasteiger partial charge in [-0.3, -0.25) is 0 Å². The van der Waals surface area contributed by atoms with Crippen molar-refractivity contribution >= 4 is 11.5 Å². The van der Waals surface area contributed by atoms with Gasteiger partial charge in [-0.15, -0.1) is 0 Å². The molecule has 0 bridgehead atoms. The van der Waals surface area contributed by atoms with Gasteiger partial charge in [0.2, 0.25) is 0 Å². The molecule has 1 atom stereocenters. The number of ether oxygens (including phenoxy) is 1. The Bertz CT molecular complexity index is 580. The molecule has 5 heteroatoms. The Labute approximate surface area is 119 Å². The van der Waals surface area contributed by atoms with Crippen molar-refractivity contribution in [2.24, 2.45) is 5.73 Å². The Kier molecular flexibility index (Phi) is 3.89. The summed E-state index contributed by atoms with van der Waals surface area (Å²) < 4.78 is 7.88. The van der Waals surface area contributed by atoms with E-state index < -0.39 is 0 Å². The third kappa shape index (κ3) is 2.51. The number of aromatic nitrogens is 2. The molecule has 1 unspecified atom stereocenters. The first kappa shape index (κ1) is 13.4. The third-order valence-electron chi connectivity index (χ3n) is 3.74. The lowest BCUT2D eigenvalue weighted by atomic mass is 10.2. The molecule has 0 amide bonds. The van der Waals surface area contributed by atoms with Crippen LogP contribution in [0.2, 0.25) is 0 Å². The van der Waals surface area contributed by atoms with Gasteiger partial charge in [0, 0.05) is 32.3 Å². The van der Waals surface area contributed by atoms with E-state index in [4.69, 9.17) is 15.5 Å². The molecule has 2 aromatic heterocycles. The van der Waals surface area contributed by atoms with E-state index in [0.717, 1.165) is 44.0 Å². The van der Waals surface area contributed by atoms with Crippen molar-refractivity contribution < 1.29 is 4.74 Å². The summed E-state index contributed by atoms with van der Waals surface area (Å²) in [5.74, 6) is 1.07. The van der Waals surface area contributed by atoms with Crippen LogP contribution in [0.15, 0.2) is 24.4 Å². The Morgan fingerprint density at radius 1 is 1.45 bits per heavy atom. The Morgan fingerprint density at radius 3 is 3.20 bits per heavy atom. The number of hydrogen-bond acceptors (Lipinski definition) is 4. The first-order chi connectivity index (χ1) is 9.79. The van der Waals surface area contributed by atoms with Gasteiger partial charge in [0.15, 0.2) is 5.82 Å². The van der Waals surface area contributed by atoms with E-state index in [9.17, 15) is 0 Å².